The lowest BCUT2D eigenvalue weighted by Crippen LogP contribution is -2.25. The van der Waals surface area contributed by atoms with Crippen molar-refractivity contribution in [1.82, 2.24) is 0 Å². The van der Waals surface area contributed by atoms with E-state index in [1.807, 2.05) is 25.2 Å². The average molecular weight is 258 g/mol. The summed E-state index contributed by atoms with van der Waals surface area (Å²) in [5.41, 5.74) is 3.01. The van der Waals surface area contributed by atoms with Crippen LogP contribution in [0.4, 0.5) is 15.8 Å². The van der Waals surface area contributed by atoms with Gasteiger partial charge in [-0.2, -0.15) is 0 Å². The molecule has 0 atom stereocenters. The van der Waals surface area contributed by atoms with E-state index < -0.39 is 0 Å². The van der Waals surface area contributed by atoms with Crippen molar-refractivity contribution >= 4 is 11.4 Å². The third kappa shape index (κ3) is 3.47. The number of hydrogen-bond acceptors (Lipinski definition) is 2. The number of halogens is 1. The minimum atomic E-state index is -0.207. The molecule has 0 saturated heterocycles. The van der Waals surface area contributed by atoms with Crippen LogP contribution in [0.2, 0.25) is 0 Å². The summed E-state index contributed by atoms with van der Waals surface area (Å²) in [7, 11) is 2.05. The van der Waals surface area contributed by atoms with Gasteiger partial charge >= 0.3 is 0 Å². The molecule has 1 N–H and O–H groups in total. The van der Waals surface area contributed by atoms with Crippen LogP contribution in [-0.4, -0.2) is 20.1 Å². The molecule has 0 amide bonds. The molecule has 0 heterocycles. The molecule has 0 saturated carbocycles. The smallest absolute Gasteiger partial charge is 0.146 e. The van der Waals surface area contributed by atoms with E-state index in [2.05, 4.69) is 29.3 Å². The zero-order chi connectivity index (χ0) is 13.7. The predicted molar refractivity (Wildman–Crippen MR) is 79.3 cm³/mol. The van der Waals surface area contributed by atoms with Crippen molar-refractivity contribution in [3.63, 3.8) is 0 Å². The van der Waals surface area contributed by atoms with Gasteiger partial charge in [0.1, 0.15) is 5.82 Å². The topological polar surface area (TPSA) is 15.3 Å². The minimum absolute atomic E-state index is 0.207. The molecule has 0 fully saturated rings. The fourth-order valence-electron chi connectivity index (χ4n) is 2.08. The first-order valence-electron chi connectivity index (χ1n) is 6.43. The van der Waals surface area contributed by atoms with Crippen molar-refractivity contribution in [2.75, 3.05) is 30.4 Å². The molecule has 0 bridgehead atoms. The second kappa shape index (κ2) is 6.23. The van der Waals surface area contributed by atoms with E-state index in [1.54, 1.807) is 12.1 Å². The summed E-state index contributed by atoms with van der Waals surface area (Å²) in [4.78, 5) is 2.17. The van der Waals surface area contributed by atoms with Crippen molar-refractivity contribution in [2.45, 2.75) is 6.92 Å². The van der Waals surface area contributed by atoms with Crippen LogP contribution in [0.3, 0.4) is 0 Å². The number of nitrogens with zero attached hydrogens (tertiary/aromatic N) is 1. The highest BCUT2D eigenvalue weighted by atomic mass is 19.1. The lowest BCUT2D eigenvalue weighted by Gasteiger charge is -2.21. The molecule has 2 aromatic carbocycles. The van der Waals surface area contributed by atoms with Gasteiger partial charge in [-0.25, -0.2) is 4.39 Å². The molecule has 0 aliphatic heterocycles. The van der Waals surface area contributed by atoms with Crippen LogP contribution in [0.5, 0.6) is 0 Å². The number of rotatable bonds is 5. The zero-order valence-corrected chi connectivity index (χ0v) is 11.4. The number of aryl methyl sites for hydroxylation is 1. The van der Waals surface area contributed by atoms with Gasteiger partial charge in [-0.05, 0) is 30.7 Å². The molecule has 100 valence electrons. The molecule has 0 radical (unpaired) electrons. The standard InChI is InChI=1S/C16H19FN2/c1-13-7-3-6-10-16(13)19(2)12-11-18-15-9-5-4-8-14(15)17/h3-10,18H,11-12H2,1-2H3. The Kier molecular flexibility index (Phi) is 4.39. The van der Waals surface area contributed by atoms with Crippen LogP contribution in [0, 0.1) is 12.7 Å². The van der Waals surface area contributed by atoms with Crippen LogP contribution in [0.25, 0.3) is 0 Å². The van der Waals surface area contributed by atoms with E-state index in [1.165, 1.54) is 17.3 Å². The molecule has 2 rings (SSSR count). The third-order valence-electron chi connectivity index (χ3n) is 3.16. The van der Waals surface area contributed by atoms with Crippen molar-refractivity contribution in [1.29, 1.82) is 0 Å². The van der Waals surface area contributed by atoms with Crippen LogP contribution in [0.1, 0.15) is 5.56 Å². The molecule has 0 aliphatic rings. The Balaban J connectivity index is 1.90. The van der Waals surface area contributed by atoms with Gasteiger partial charge < -0.3 is 10.2 Å². The van der Waals surface area contributed by atoms with E-state index in [9.17, 15) is 4.39 Å². The number of benzene rings is 2. The first kappa shape index (κ1) is 13.4. The van der Waals surface area contributed by atoms with Crippen LogP contribution >= 0.6 is 0 Å². The SMILES string of the molecule is Cc1ccccc1N(C)CCNc1ccccc1F. The van der Waals surface area contributed by atoms with Gasteiger partial charge in [-0.3, -0.25) is 0 Å². The highest BCUT2D eigenvalue weighted by molar-refractivity contribution is 5.52. The molecular weight excluding hydrogens is 239 g/mol. The van der Waals surface area contributed by atoms with Gasteiger partial charge in [0, 0.05) is 25.8 Å². The summed E-state index contributed by atoms with van der Waals surface area (Å²) in [5.74, 6) is -0.207. The molecule has 3 heteroatoms. The van der Waals surface area contributed by atoms with Crippen LogP contribution in [-0.2, 0) is 0 Å². The monoisotopic (exact) mass is 258 g/mol. The Morgan fingerprint density at radius 2 is 1.74 bits per heavy atom. The molecule has 2 nitrogen and oxygen atoms in total. The van der Waals surface area contributed by atoms with E-state index in [4.69, 9.17) is 0 Å². The largest absolute Gasteiger partial charge is 0.381 e. The normalized spacial score (nSPS) is 10.3. The van der Waals surface area contributed by atoms with Gasteiger partial charge in [-0.15, -0.1) is 0 Å². The molecule has 0 spiro atoms. The predicted octanol–water partition coefficient (Wildman–Crippen LogP) is 3.68. The zero-order valence-electron chi connectivity index (χ0n) is 11.4. The maximum Gasteiger partial charge on any atom is 0.146 e. The molecule has 0 aromatic heterocycles. The Morgan fingerprint density at radius 1 is 1.05 bits per heavy atom. The summed E-state index contributed by atoms with van der Waals surface area (Å²) in [6.45, 7) is 3.61. The van der Waals surface area contributed by atoms with Gasteiger partial charge in [0.05, 0.1) is 5.69 Å². The average Bonchev–Trinajstić information content (AvgIpc) is 2.41. The Bertz CT molecular complexity index is 540. The lowest BCUT2D eigenvalue weighted by atomic mass is 10.2. The summed E-state index contributed by atoms with van der Waals surface area (Å²) in [6, 6.07) is 15.0. The van der Waals surface area contributed by atoms with Crippen molar-refractivity contribution in [3.05, 3.63) is 59.9 Å². The number of anilines is 2. The minimum Gasteiger partial charge on any atom is -0.381 e. The summed E-state index contributed by atoms with van der Waals surface area (Å²) >= 11 is 0. The summed E-state index contributed by atoms with van der Waals surface area (Å²) < 4.78 is 13.4. The highest BCUT2D eigenvalue weighted by Gasteiger charge is 2.04. The molecule has 19 heavy (non-hydrogen) atoms. The number of nitrogens with one attached hydrogen (secondary N) is 1. The lowest BCUT2D eigenvalue weighted by molar-refractivity contribution is 0.630. The second-order valence-electron chi connectivity index (χ2n) is 4.61. The van der Waals surface area contributed by atoms with Gasteiger partial charge in [0.2, 0.25) is 0 Å². The quantitative estimate of drug-likeness (QED) is 0.880. The van der Waals surface area contributed by atoms with E-state index in [0.717, 1.165) is 6.54 Å². The van der Waals surface area contributed by atoms with E-state index in [0.29, 0.717) is 12.2 Å². The molecule has 0 unspecified atom stereocenters. The molecule has 2 aromatic rings. The second-order valence-corrected chi connectivity index (χ2v) is 4.61. The maximum absolute atomic E-state index is 13.4. The Labute approximate surface area is 113 Å². The maximum atomic E-state index is 13.4. The van der Waals surface area contributed by atoms with Crippen molar-refractivity contribution < 1.29 is 4.39 Å². The van der Waals surface area contributed by atoms with Crippen LogP contribution in [0.15, 0.2) is 48.5 Å². The van der Waals surface area contributed by atoms with E-state index >= 15 is 0 Å². The number of hydrogen-bond donors (Lipinski definition) is 1. The molecule has 0 aliphatic carbocycles. The number of likely N-dealkylation sites (N-methyl/N-ethyl adjacent to an activating group) is 1. The third-order valence-corrected chi connectivity index (χ3v) is 3.16. The fourth-order valence-corrected chi connectivity index (χ4v) is 2.08. The van der Waals surface area contributed by atoms with Gasteiger partial charge in [-0.1, -0.05) is 30.3 Å². The first-order chi connectivity index (χ1) is 9.18. The van der Waals surface area contributed by atoms with Gasteiger partial charge in [0.15, 0.2) is 0 Å². The molecular formula is C16H19FN2. The first-order valence-corrected chi connectivity index (χ1v) is 6.43. The van der Waals surface area contributed by atoms with Crippen molar-refractivity contribution in [2.24, 2.45) is 0 Å². The summed E-state index contributed by atoms with van der Waals surface area (Å²) in [5, 5.41) is 3.12. The van der Waals surface area contributed by atoms with Crippen LogP contribution < -0.4 is 10.2 Å². The Hall–Kier alpha value is -2.03. The van der Waals surface area contributed by atoms with E-state index in [-0.39, 0.29) is 5.82 Å². The number of para-hydroxylation sites is 2. The highest BCUT2D eigenvalue weighted by Crippen LogP contribution is 2.17. The summed E-state index contributed by atoms with van der Waals surface area (Å²) in [6.07, 6.45) is 0. The van der Waals surface area contributed by atoms with Crippen molar-refractivity contribution in [3.8, 4) is 0 Å². The Morgan fingerprint density at radius 3 is 2.47 bits per heavy atom. The fraction of sp³-hybridized carbons (Fsp3) is 0.250. The van der Waals surface area contributed by atoms with Gasteiger partial charge in [0.25, 0.3) is 0 Å².